The topological polar surface area (TPSA) is 53.8 Å². The lowest BCUT2D eigenvalue weighted by atomic mass is 9.70. The molecule has 1 aliphatic carbocycles. The summed E-state index contributed by atoms with van der Waals surface area (Å²) in [5.41, 5.74) is 1.01. The van der Waals surface area contributed by atoms with Crippen molar-refractivity contribution in [2.75, 3.05) is 19.6 Å². The highest BCUT2D eigenvalue weighted by Crippen LogP contribution is 2.41. The van der Waals surface area contributed by atoms with Crippen LogP contribution in [0.1, 0.15) is 57.9 Å². The van der Waals surface area contributed by atoms with Crippen molar-refractivity contribution in [3.8, 4) is 5.75 Å². The molecular weight excluding hydrogens is 288 g/mol. The fourth-order valence-electron chi connectivity index (χ4n) is 3.81. The Hall–Kier alpha value is -1.55. The van der Waals surface area contributed by atoms with Crippen LogP contribution in [-0.4, -0.2) is 36.2 Å². The number of carbonyl (C=O) groups excluding carboxylic acids is 1. The van der Waals surface area contributed by atoms with Crippen LogP contribution in [0.15, 0.2) is 24.3 Å². The quantitative estimate of drug-likeness (QED) is 0.749. The van der Waals surface area contributed by atoms with Gasteiger partial charge in [-0.3, -0.25) is 4.79 Å². The van der Waals surface area contributed by atoms with Crippen LogP contribution in [0.4, 0.5) is 0 Å². The van der Waals surface area contributed by atoms with Crippen LogP contribution in [0.2, 0.25) is 0 Å². The number of quaternary nitrogens is 1. The van der Waals surface area contributed by atoms with E-state index in [1.54, 1.807) is 12.1 Å². The van der Waals surface area contributed by atoms with Crippen molar-refractivity contribution >= 4 is 5.91 Å². The molecule has 0 spiro atoms. The average molecular weight is 319 g/mol. The molecule has 1 aromatic rings. The lowest BCUT2D eigenvalue weighted by Crippen LogP contribution is -3.12. The maximum Gasteiger partial charge on any atom is 0.275 e. The maximum absolute atomic E-state index is 12.5. The molecule has 0 aromatic heterocycles. The highest BCUT2D eigenvalue weighted by molar-refractivity contribution is 5.77. The van der Waals surface area contributed by atoms with E-state index < -0.39 is 0 Å². The van der Waals surface area contributed by atoms with Crippen molar-refractivity contribution in [1.82, 2.24) is 5.32 Å². The Balaban J connectivity index is 2.12. The van der Waals surface area contributed by atoms with Gasteiger partial charge in [0.1, 0.15) is 5.75 Å². The van der Waals surface area contributed by atoms with Crippen molar-refractivity contribution < 1.29 is 14.8 Å². The Kier molecular flexibility index (Phi) is 6.05. The van der Waals surface area contributed by atoms with Gasteiger partial charge in [0, 0.05) is 11.5 Å². The molecule has 1 aromatic carbocycles. The molecule has 0 saturated heterocycles. The second-order valence-corrected chi connectivity index (χ2v) is 6.99. The van der Waals surface area contributed by atoms with Crippen LogP contribution in [-0.2, 0) is 4.79 Å². The van der Waals surface area contributed by atoms with Crippen molar-refractivity contribution in [1.29, 1.82) is 0 Å². The molecule has 2 atom stereocenters. The summed E-state index contributed by atoms with van der Waals surface area (Å²) in [6, 6.07) is 7.47. The summed E-state index contributed by atoms with van der Waals surface area (Å²) in [6.45, 7) is 8.91. The third-order valence-corrected chi connectivity index (χ3v) is 5.34. The predicted octanol–water partition coefficient (Wildman–Crippen LogP) is 1.85. The average Bonchev–Trinajstić information content (AvgIpc) is 2.53. The van der Waals surface area contributed by atoms with E-state index in [4.69, 9.17) is 0 Å². The van der Waals surface area contributed by atoms with Crippen LogP contribution >= 0.6 is 0 Å². The first-order valence-corrected chi connectivity index (χ1v) is 8.92. The number of aromatic hydroxyl groups is 1. The molecule has 4 heteroatoms. The minimum absolute atomic E-state index is 0.150. The van der Waals surface area contributed by atoms with Crippen LogP contribution in [0.3, 0.4) is 0 Å². The Morgan fingerprint density at radius 3 is 2.52 bits per heavy atom. The number of benzene rings is 1. The van der Waals surface area contributed by atoms with E-state index in [-0.39, 0.29) is 11.4 Å². The zero-order valence-electron chi connectivity index (χ0n) is 14.7. The normalized spacial score (nSPS) is 24.6. The highest BCUT2D eigenvalue weighted by Gasteiger charge is 2.39. The van der Waals surface area contributed by atoms with Gasteiger partial charge in [-0.1, -0.05) is 25.0 Å². The molecule has 4 nitrogen and oxygen atoms in total. The van der Waals surface area contributed by atoms with Gasteiger partial charge in [-0.05, 0) is 51.3 Å². The standard InChI is InChI=1S/C19H30N2O2/c1-4-21(5-2)14-18(23)20-19(3)13-7-6-8-17(19)15-9-11-16(22)12-10-15/h9-12,17,22H,4-8,13-14H2,1-3H3,(H,20,23)/p+1/t17-,19+/m1/s1. The molecule has 2 rings (SSSR count). The van der Waals surface area contributed by atoms with Crippen LogP contribution in [0.5, 0.6) is 5.75 Å². The molecule has 0 unspecified atom stereocenters. The van der Waals surface area contributed by atoms with Crippen LogP contribution in [0.25, 0.3) is 0 Å². The lowest BCUT2D eigenvalue weighted by molar-refractivity contribution is -0.888. The molecule has 0 aliphatic heterocycles. The minimum Gasteiger partial charge on any atom is -0.508 e. The lowest BCUT2D eigenvalue weighted by Gasteiger charge is -2.42. The number of carbonyl (C=O) groups is 1. The predicted molar refractivity (Wildman–Crippen MR) is 92.8 cm³/mol. The number of hydrogen-bond donors (Lipinski definition) is 3. The molecule has 128 valence electrons. The summed E-state index contributed by atoms with van der Waals surface area (Å²) in [5, 5.41) is 12.8. The molecule has 1 fully saturated rings. The van der Waals surface area contributed by atoms with Gasteiger partial charge in [-0.25, -0.2) is 0 Å². The second kappa shape index (κ2) is 7.82. The van der Waals surface area contributed by atoms with E-state index in [1.807, 2.05) is 12.1 Å². The molecule has 0 heterocycles. The number of hydrogen-bond acceptors (Lipinski definition) is 2. The fourth-order valence-corrected chi connectivity index (χ4v) is 3.81. The summed E-state index contributed by atoms with van der Waals surface area (Å²) in [4.78, 5) is 13.8. The van der Waals surface area contributed by atoms with Crippen molar-refractivity contribution in [3.63, 3.8) is 0 Å². The highest BCUT2D eigenvalue weighted by atomic mass is 16.3. The van der Waals surface area contributed by atoms with Gasteiger partial charge in [0.2, 0.25) is 0 Å². The third kappa shape index (κ3) is 4.47. The van der Waals surface area contributed by atoms with Crippen molar-refractivity contribution in [3.05, 3.63) is 29.8 Å². The second-order valence-electron chi connectivity index (χ2n) is 6.99. The zero-order valence-corrected chi connectivity index (χ0v) is 14.7. The summed E-state index contributed by atoms with van der Waals surface area (Å²) in [7, 11) is 0. The fraction of sp³-hybridized carbons (Fsp3) is 0.632. The smallest absolute Gasteiger partial charge is 0.275 e. The molecule has 1 amide bonds. The molecule has 0 radical (unpaired) electrons. The van der Waals surface area contributed by atoms with Crippen LogP contribution in [0, 0.1) is 0 Å². The van der Waals surface area contributed by atoms with E-state index in [0.717, 1.165) is 32.4 Å². The van der Waals surface area contributed by atoms with E-state index >= 15 is 0 Å². The number of likely N-dealkylation sites (N-methyl/N-ethyl adjacent to an activating group) is 1. The number of nitrogens with one attached hydrogen (secondary N) is 2. The Bertz CT molecular complexity index is 511. The maximum atomic E-state index is 12.5. The van der Waals surface area contributed by atoms with Crippen molar-refractivity contribution in [2.45, 2.75) is 57.9 Å². The largest absolute Gasteiger partial charge is 0.508 e. The SMILES string of the molecule is CC[NH+](CC)CC(=O)N[C@@]1(C)CCCC[C@@H]1c1ccc(O)cc1. The zero-order chi connectivity index (χ0) is 16.9. The van der Waals surface area contributed by atoms with Crippen molar-refractivity contribution in [2.24, 2.45) is 0 Å². The first kappa shape index (κ1) is 17.8. The minimum atomic E-state index is -0.196. The summed E-state index contributed by atoms with van der Waals surface area (Å²) in [6.07, 6.45) is 4.44. The van der Waals surface area contributed by atoms with Gasteiger partial charge in [-0.2, -0.15) is 0 Å². The summed E-state index contributed by atoms with van der Waals surface area (Å²) < 4.78 is 0. The molecule has 3 N–H and O–H groups in total. The van der Waals surface area contributed by atoms with E-state index in [2.05, 4.69) is 26.1 Å². The Morgan fingerprint density at radius 2 is 1.91 bits per heavy atom. The van der Waals surface area contributed by atoms with E-state index in [0.29, 0.717) is 18.2 Å². The summed E-state index contributed by atoms with van der Waals surface area (Å²) >= 11 is 0. The van der Waals surface area contributed by atoms with Crippen LogP contribution < -0.4 is 10.2 Å². The molecule has 23 heavy (non-hydrogen) atoms. The third-order valence-electron chi connectivity index (χ3n) is 5.34. The molecule has 1 saturated carbocycles. The molecule has 0 bridgehead atoms. The summed E-state index contributed by atoms with van der Waals surface area (Å²) in [5.74, 6) is 0.754. The molecule has 1 aliphatic rings. The first-order valence-electron chi connectivity index (χ1n) is 8.92. The Labute approximate surface area is 139 Å². The van der Waals surface area contributed by atoms with Gasteiger partial charge in [0.15, 0.2) is 6.54 Å². The number of amides is 1. The van der Waals surface area contributed by atoms with E-state index in [1.165, 1.54) is 16.9 Å². The number of rotatable bonds is 6. The van der Waals surface area contributed by atoms with E-state index in [9.17, 15) is 9.90 Å². The van der Waals surface area contributed by atoms with Gasteiger partial charge in [-0.15, -0.1) is 0 Å². The monoisotopic (exact) mass is 319 g/mol. The van der Waals surface area contributed by atoms with Gasteiger partial charge >= 0.3 is 0 Å². The first-order chi connectivity index (χ1) is 11.0. The van der Waals surface area contributed by atoms with Gasteiger partial charge < -0.3 is 15.3 Å². The number of phenols is 1. The number of phenolic OH excluding ortho intramolecular Hbond substituents is 1. The van der Waals surface area contributed by atoms with Gasteiger partial charge in [0.25, 0.3) is 5.91 Å². The Morgan fingerprint density at radius 1 is 1.26 bits per heavy atom. The molecular formula is C19H31N2O2+. The van der Waals surface area contributed by atoms with Gasteiger partial charge in [0.05, 0.1) is 13.1 Å².